The second kappa shape index (κ2) is 5.20. The molecule has 0 N–H and O–H groups in total. The Hall–Kier alpha value is -1.95. The van der Waals surface area contributed by atoms with Crippen molar-refractivity contribution in [3.8, 4) is 11.6 Å². The van der Waals surface area contributed by atoms with E-state index in [1.165, 1.54) is 0 Å². The highest BCUT2D eigenvalue weighted by molar-refractivity contribution is 9.10. The molecule has 0 atom stereocenters. The van der Waals surface area contributed by atoms with Gasteiger partial charge in [-0.2, -0.15) is 0 Å². The van der Waals surface area contributed by atoms with Crippen LogP contribution < -0.4 is 4.74 Å². The zero-order valence-corrected chi connectivity index (χ0v) is 12.8. The summed E-state index contributed by atoms with van der Waals surface area (Å²) >= 11 is 3.37. The molecule has 0 saturated heterocycles. The molecule has 6 heteroatoms. The van der Waals surface area contributed by atoms with Gasteiger partial charge in [-0.15, -0.1) is 0 Å². The van der Waals surface area contributed by atoms with Gasteiger partial charge in [0.15, 0.2) is 5.75 Å². The minimum atomic E-state index is 0.463. The van der Waals surface area contributed by atoms with Crippen molar-refractivity contribution in [3.63, 3.8) is 0 Å². The third-order valence-corrected chi connectivity index (χ3v) is 3.31. The SMILES string of the molecule is CCc1nc(C)ccc1Oc1nc(Br)cn2ccnc12. The van der Waals surface area contributed by atoms with Crippen LogP contribution in [0.3, 0.4) is 0 Å². The average molecular weight is 333 g/mol. The van der Waals surface area contributed by atoms with E-state index in [9.17, 15) is 0 Å². The van der Waals surface area contributed by atoms with E-state index in [1.807, 2.05) is 42.8 Å². The minimum Gasteiger partial charge on any atom is -0.434 e. The molecule has 0 aromatic carbocycles. The van der Waals surface area contributed by atoms with Gasteiger partial charge in [-0.3, -0.25) is 9.38 Å². The normalized spacial score (nSPS) is 10.9. The van der Waals surface area contributed by atoms with Gasteiger partial charge in [0.1, 0.15) is 4.60 Å². The highest BCUT2D eigenvalue weighted by atomic mass is 79.9. The molecular weight excluding hydrogens is 320 g/mol. The van der Waals surface area contributed by atoms with Crippen molar-refractivity contribution in [2.45, 2.75) is 20.3 Å². The number of aromatic nitrogens is 4. The van der Waals surface area contributed by atoms with Crippen LogP contribution in [0.2, 0.25) is 0 Å². The number of ether oxygens (including phenoxy) is 1. The number of imidazole rings is 1. The lowest BCUT2D eigenvalue weighted by Gasteiger charge is -2.10. The zero-order chi connectivity index (χ0) is 14.1. The number of fused-ring (bicyclic) bond motifs is 1. The van der Waals surface area contributed by atoms with E-state index in [-0.39, 0.29) is 0 Å². The molecule has 0 bridgehead atoms. The fourth-order valence-corrected chi connectivity index (χ4v) is 2.37. The first-order valence-electron chi connectivity index (χ1n) is 6.31. The maximum absolute atomic E-state index is 5.92. The summed E-state index contributed by atoms with van der Waals surface area (Å²) < 4.78 is 8.47. The summed E-state index contributed by atoms with van der Waals surface area (Å²) in [6.45, 7) is 4.02. The first kappa shape index (κ1) is 13.1. The van der Waals surface area contributed by atoms with Crippen molar-refractivity contribution in [2.24, 2.45) is 0 Å². The molecule has 102 valence electrons. The Bertz CT molecular complexity index is 769. The Morgan fingerprint density at radius 3 is 2.95 bits per heavy atom. The zero-order valence-electron chi connectivity index (χ0n) is 11.2. The van der Waals surface area contributed by atoms with E-state index in [0.717, 1.165) is 17.8 Å². The van der Waals surface area contributed by atoms with Crippen molar-refractivity contribution >= 4 is 21.6 Å². The molecule has 0 unspecified atom stereocenters. The van der Waals surface area contributed by atoms with Crippen LogP contribution in [0.4, 0.5) is 0 Å². The number of halogens is 1. The largest absolute Gasteiger partial charge is 0.434 e. The van der Waals surface area contributed by atoms with Gasteiger partial charge in [0.05, 0.1) is 5.69 Å². The Morgan fingerprint density at radius 2 is 2.15 bits per heavy atom. The highest BCUT2D eigenvalue weighted by Gasteiger charge is 2.12. The van der Waals surface area contributed by atoms with E-state index < -0.39 is 0 Å². The van der Waals surface area contributed by atoms with Crippen LogP contribution in [0.1, 0.15) is 18.3 Å². The van der Waals surface area contributed by atoms with Gasteiger partial charge in [0.2, 0.25) is 5.65 Å². The number of hydrogen-bond donors (Lipinski definition) is 0. The molecule has 3 aromatic rings. The molecule has 3 rings (SSSR count). The van der Waals surface area contributed by atoms with E-state index >= 15 is 0 Å². The third-order valence-electron chi connectivity index (χ3n) is 2.93. The summed E-state index contributed by atoms with van der Waals surface area (Å²) in [6.07, 6.45) is 6.20. The molecule has 0 spiro atoms. The lowest BCUT2D eigenvalue weighted by molar-refractivity contribution is 0.455. The molecule has 20 heavy (non-hydrogen) atoms. The summed E-state index contributed by atoms with van der Waals surface area (Å²) in [7, 11) is 0. The van der Waals surface area contributed by atoms with E-state index in [0.29, 0.717) is 21.9 Å². The van der Waals surface area contributed by atoms with Crippen molar-refractivity contribution in [2.75, 3.05) is 0 Å². The Morgan fingerprint density at radius 1 is 1.30 bits per heavy atom. The minimum absolute atomic E-state index is 0.463. The predicted octanol–water partition coefficient (Wildman–Crippen LogP) is 3.55. The summed E-state index contributed by atoms with van der Waals surface area (Å²) in [4.78, 5) is 13.1. The summed E-state index contributed by atoms with van der Waals surface area (Å²) in [5.74, 6) is 1.18. The highest BCUT2D eigenvalue weighted by Crippen LogP contribution is 2.27. The first-order valence-corrected chi connectivity index (χ1v) is 7.10. The van der Waals surface area contributed by atoms with Crippen LogP contribution in [0, 0.1) is 6.92 Å². The van der Waals surface area contributed by atoms with Gasteiger partial charge in [-0.1, -0.05) is 6.92 Å². The number of rotatable bonds is 3. The molecule has 5 nitrogen and oxygen atoms in total. The Kier molecular flexibility index (Phi) is 3.40. The molecule has 0 radical (unpaired) electrons. The lowest BCUT2D eigenvalue weighted by Crippen LogP contribution is -1.99. The van der Waals surface area contributed by atoms with Gasteiger partial charge in [0, 0.05) is 24.3 Å². The lowest BCUT2D eigenvalue weighted by atomic mass is 10.2. The van der Waals surface area contributed by atoms with Crippen molar-refractivity contribution in [1.29, 1.82) is 0 Å². The predicted molar refractivity (Wildman–Crippen MR) is 79.1 cm³/mol. The van der Waals surface area contributed by atoms with Gasteiger partial charge in [-0.05, 0) is 41.4 Å². The number of pyridine rings is 1. The molecular formula is C14H13BrN4O. The molecule has 0 amide bonds. The van der Waals surface area contributed by atoms with Crippen LogP contribution >= 0.6 is 15.9 Å². The van der Waals surface area contributed by atoms with E-state index in [2.05, 4.69) is 30.9 Å². The molecule has 0 aliphatic heterocycles. The third kappa shape index (κ3) is 2.38. The Labute approximate surface area is 124 Å². The van der Waals surface area contributed by atoms with Gasteiger partial charge >= 0.3 is 0 Å². The number of hydrogen-bond acceptors (Lipinski definition) is 4. The van der Waals surface area contributed by atoms with E-state index in [1.54, 1.807) is 6.20 Å². The first-order chi connectivity index (χ1) is 9.67. The average Bonchev–Trinajstić information content (AvgIpc) is 2.88. The van der Waals surface area contributed by atoms with E-state index in [4.69, 9.17) is 4.74 Å². The molecule has 0 saturated carbocycles. The van der Waals surface area contributed by atoms with Gasteiger partial charge < -0.3 is 4.74 Å². The van der Waals surface area contributed by atoms with Gasteiger partial charge in [-0.25, -0.2) is 9.97 Å². The van der Waals surface area contributed by atoms with Crippen molar-refractivity contribution < 1.29 is 4.74 Å². The molecule has 0 fully saturated rings. The number of aryl methyl sites for hydroxylation is 2. The smallest absolute Gasteiger partial charge is 0.265 e. The summed E-state index contributed by atoms with van der Waals surface area (Å²) in [5.41, 5.74) is 2.56. The maximum atomic E-state index is 5.92. The van der Waals surface area contributed by atoms with Crippen LogP contribution in [0.25, 0.3) is 5.65 Å². The topological polar surface area (TPSA) is 52.3 Å². The fraction of sp³-hybridized carbons (Fsp3) is 0.214. The standard InChI is InChI=1S/C14H13BrN4O/c1-3-10-11(5-4-9(2)17-10)20-14-13-16-6-7-19(13)8-12(15)18-14/h4-8H,3H2,1-2H3. The van der Waals surface area contributed by atoms with Crippen LogP contribution in [-0.4, -0.2) is 19.4 Å². The second-order valence-electron chi connectivity index (χ2n) is 4.38. The fourth-order valence-electron chi connectivity index (χ4n) is 1.99. The molecule has 3 heterocycles. The van der Waals surface area contributed by atoms with Crippen molar-refractivity contribution in [1.82, 2.24) is 19.4 Å². The van der Waals surface area contributed by atoms with Crippen LogP contribution in [0.5, 0.6) is 11.6 Å². The second-order valence-corrected chi connectivity index (χ2v) is 5.19. The van der Waals surface area contributed by atoms with Gasteiger partial charge in [0.25, 0.3) is 5.88 Å². The molecule has 0 aliphatic carbocycles. The van der Waals surface area contributed by atoms with Crippen molar-refractivity contribution in [3.05, 3.63) is 46.7 Å². The maximum Gasteiger partial charge on any atom is 0.265 e. The Balaban J connectivity index is 2.07. The summed E-state index contributed by atoms with van der Waals surface area (Å²) in [6, 6.07) is 3.85. The van der Waals surface area contributed by atoms with Crippen LogP contribution in [0.15, 0.2) is 35.3 Å². The molecule has 0 aliphatic rings. The quantitative estimate of drug-likeness (QED) is 0.736. The van der Waals surface area contributed by atoms with Crippen LogP contribution in [-0.2, 0) is 6.42 Å². The summed E-state index contributed by atoms with van der Waals surface area (Å²) in [5, 5.41) is 0. The molecule has 3 aromatic heterocycles. The number of nitrogens with zero attached hydrogens (tertiary/aromatic N) is 4. The monoisotopic (exact) mass is 332 g/mol.